The van der Waals surface area contributed by atoms with E-state index >= 15 is 0 Å². The fraction of sp³-hybridized carbons (Fsp3) is 0.348. The molecule has 1 atom stereocenters. The topological polar surface area (TPSA) is 93.7 Å². The predicted molar refractivity (Wildman–Crippen MR) is 115 cm³/mol. The van der Waals surface area contributed by atoms with Crippen LogP contribution >= 0.6 is 0 Å². The van der Waals surface area contributed by atoms with Gasteiger partial charge in [0, 0.05) is 12.0 Å². The van der Waals surface area contributed by atoms with Crippen molar-refractivity contribution in [2.24, 2.45) is 0 Å². The number of carbonyl (C=O) groups excluding carboxylic acids is 3. The van der Waals surface area contributed by atoms with Crippen molar-refractivity contribution in [1.82, 2.24) is 5.32 Å². The summed E-state index contributed by atoms with van der Waals surface area (Å²) in [6.45, 7) is 6.74. The Labute approximate surface area is 176 Å². The van der Waals surface area contributed by atoms with E-state index in [1.54, 1.807) is 39.0 Å². The standard InChI is InChI=1S/C23H28N2O5/c1-15(24-22(28)30-23(2,3)4)21(27)25-19-12-11-17(29-5)14-18(19)20(26)13-16-9-7-6-8-10-16/h6-12,14-15H,13H2,1-5H3,(H,24,28)(H,25,27)/t15-/m1/s1. The minimum Gasteiger partial charge on any atom is -0.497 e. The van der Waals surface area contributed by atoms with E-state index in [0.717, 1.165) is 5.56 Å². The number of ketones is 1. The number of amides is 2. The van der Waals surface area contributed by atoms with Crippen molar-refractivity contribution in [3.63, 3.8) is 0 Å². The molecular weight excluding hydrogens is 384 g/mol. The molecule has 2 rings (SSSR count). The van der Waals surface area contributed by atoms with Crippen molar-refractivity contribution < 1.29 is 23.9 Å². The Hall–Kier alpha value is -3.35. The molecule has 0 fully saturated rings. The van der Waals surface area contributed by atoms with Crippen LogP contribution in [0.4, 0.5) is 10.5 Å². The highest BCUT2D eigenvalue weighted by Gasteiger charge is 2.22. The number of nitrogens with one attached hydrogen (secondary N) is 2. The van der Waals surface area contributed by atoms with Crippen molar-refractivity contribution in [1.29, 1.82) is 0 Å². The van der Waals surface area contributed by atoms with Crippen LogP contribution in [0.5, 0.6) is 5.75 Å². The molecule has 0 heterocycles. The van der Waals surface area contributed by atoms with Gasteiger partial charge < -0.3 is 20.1 Å². The molecule has 0 bridgehead atoms. The molecule has 2 aromatic rings. The molecule has 0 radical (unpaired) electrons. The first-order chi connectivity index (χ1) is 14.1. The fourth-order valence-electron chi connectivity index (χ4n) is 2.66. The zero-order valence-electron chi connectivity index (χ0n) is 17.9. The zero-order valence-corrected chi connectivity index (χ0v) is 17.9. The minimum atomic E-state index is -0.862. The lowest BCUT2D eigenvalue weighted by Gasteiger charge is -2.22. The smallest absolute Gasteiger partial charge is 0.408 e. The van der Waals surface area contributed by atoms with Crippen LogP contribution in [0.25, 0.3) is 0 Å². The highest BCUT2D eigenvalue weighted by Crippen LogP contribution is 2.24. The van der Waals surface area contributed by atoms with Gasteiger partial charge in [0.15, 0.2) is 5.78 Å². The third-order valence-electron chi connectivity index (χ3n) is 4.12. The quantitative estimate of drug-likeness (QED) is 0.671. The van der Waals surface area contributed by atoms with E-state index in [9.17, 15) is 14.4 Å². The predicted octanol–water partition coefficient (Wildman–Crippen LogP) is 3.97. The number of anilines is 1. The number of benzene rings is 2. The van der Waals surface area contributed by atoms with Crippen LogP contribution in [0.2, 0.25) is 0 Å². The summed E-state index contributed by atoms with van der Waals surface area (Å²) in [4.78, 5) is 37.4. The zero-order chi connectivity index (χ0) is 22.3. The highest BCUT2D eigenvalue weighted by atomic mass is 16.6. The number of hydrogen-bond acceptors (Lipinski definition) is 5. The molecular formula is C23H28N2O5. The Morgan fingerprint density at radius 3 is 2.30 bits per heavy atom. The van der Waals surface area contributed by atoms with Crippen LogP contribution < -0.4 is 15.4 Å². The summed E-state index contributed by atoms with van der Waals surface area (Å²) in [5, 5.41) is 5.20. The van der Waals surface area contributed by atoms with E-state index in [4.69, 9.17) is 9.47 Å². The van der Waals surface area contributed by atoms with E-state index in [-0.39, 0.29) is 12.2 Å². The van der Waals surface area contributed by atoms with Crippen molar-refractivity contribution in [2.75, 3.05) is 12.4 Å². The summed E-state index contributed by atoms with van der Waals surface area (Å²) in [5.74, 6) is -0.132. The summed E-state index contributed by atoms with van der Waals surface area (Å²) < 4.78 is 10.4. The SMILES string of the molecule is COc1ccc(NC(=O)[C@@H](C)NC(=O)OC(C)(C)C)c(C(=O)Cc2ccccc2)c1. The molecule has 0 aliphatic heterocycles. The molecule has 7 heteroatoms. The van der Waals surface area contributed by atoms with Crippen LogP contribution in [0.1, 0.15) is 43.6 Å². The summed E-state index contributed by atoms with van der Waals surface area (Å²) in [7, 11) is 1.51. The molecule has 0 aliphatic carbocycles. The van der Waals surface area contributed by atoms with E-state index in [1.165, 1.54) is 14.0 Å². The van der Waals surface area contributed by atoms with Gasteiger partial charge in [0.25, 0.3) is 0 Å². The maximum Gasteiger partial charge on any atom is 0.408 e. The molecule has 2 amide bonds. The van der Waals surface area contributed by atoms with E-state index in [1.807, 2.05) is 30.3 Å². The number of ether oxygens (including phenoxy) is 2. The van der Waals surface area contributed by atoms with E-state index < -0.39 is 23.6 Å². The Morgan fingerprint density at radius 2 is 1.70 bits per heavy atom. The number of carbonyl (C=O) groups is 3. The molecule has 160 valence electrons. The second-order valence-corrected chi connectivity index (χ2v) is 7.85. The maximum absolute atomic E-state index is 12.9. The first-order valence-corrected chi connectivity index (χ1v) is 9.64. The van der Waals surface area contributed by atoms with Gasteiger partial charge in [-0.05, 0) is 51.5 Å². The molecule has 7 nitrogen and oxygen atoms in total. The van der Waals surface area contributed by atoms with Gasteiger partial charge in [0.05, 0.1) is 12.8 Å². The number of methoxy groups -OCH3 is 1. The minimum absolute atomic E-state index is 0.164. The molecule has 0 aromatic heterocycles. The number of Topliss-reactive ketones (excluding diaryl/α,β-unsaturated/α-hetero) is 1. The Kier molecular flexibility index (Phi) is 7.58. The van der Waals surface area contributed by atoms with Gasteiger partial charge in [-0.3, -0.25) is 9.59 Å². The number of hydrogen-bond donors (Lipinski definition) is 2. The fourth-order valence-corrected chi connectivity index (χ4v) is 2.66. The van der Waals surface area contributed by atoms with Gasteiger partial charge >= 0.3 is 6.09 Å². The first kappa shape index (κ1) is 22.9. The van der Waals surface area contributed by atoms with Gasteiger partial charge in [-0.1, -0.05) is 30.3 Å². The molecule has 0 saturated carbocycles. The third-order valence-corrected chi connectivity index (χ3v) is 4.12. The van der Waals surface area contributed by atoms with Crippen LogP contribution in [-0.2, 0) is 16.0 Å². The molecule has 0 unspecified atom stereocenters. The second-order valence-electron chi connectivity index (χ2n) is 7.85. The Balaban J connectivity index is 2.15. The van der Waals surface area contributed by atoms with Gasteiger partial charge in [-0.25, -0.2) is 4.79 Å². The maximum atomic E-state index is 12.9. The Morgan fingerprint density at radius 1 is 1.03 bits per heavy atom. The van der Waals surface area contributed by atoms with Crippen LogP contribution in [0.3, 0.4) is 0 Å². The van der Waals surface area contributed by atoms with Gasteiger partial charge in [-0.15, -0.1) is 0 Å². The third kappa shape index (κ3) is 6.92. The summed E-state index contributed by atoms with van der Waals surface area (Å²) >= 11 is 0. The molecule has 0 aliphatic rings. The van der Waals surface area contributed by atoms with Crippen LogP contribution in [0.15, 0.2) is 48.5 Å². The lowest BCUT2D eigenvalue weighted by Crippen LogP contribution is -2.44. The summed E-state index contributed by atoms with van der Waals surface area (Å²) in [5.41, 5.74) is 0.867. The first-order valence-electron chi connectivity index (χ1n) is 9.64. The molecule has 30 heavy (non-hydrogen) atoms. The summed E-state index contributed by atoms with van der Waals surface area (Å²) in [6.07, 6.45) is -0.511. The molecule has 0 saturated heterocycles. The van der Waals surface area contributed by atoms with E-state index in [0.29, 0.717) is 17.0 Å². The van der Waals surface area contributed by atoms with Crippen LogP contribution in [-0.4, -0.2) is 36.5 Å². The lowest BCUT2D eigenvalue weighted by atomic mass is 10.0. The Bertz CT molecular complexity index is 904. The van der Waals surface area contributed by atoms with Gasteiger partial charge in [0.2, 0.25) is 5.91 Å². The van der Waals surface area contributed by atoms with E-state index in [2.05, 4.69) is 10.6 Å². The van der Waals surface area contributed by atoms with Gasteiger partial charge in [-0.2, -0.15) is 0 Å². The normalized spacial score (nSPS) is 11.9. The monoisotopic (exact) mass is 412 g/mol. The van der Waals surface area contributed by atoms with Crippen LogP contribution in [0, 0.1) is 0 Å². The van der Waals surface area contributed by atoms with Crippen molar-refractivity contribution in [2.45, 2.75) is 45.8 Å². The molecule has 2 aromatic carbocycles. The largest absolute Gasteiger partial charge is 0.497 e. The van der Waals surface area contributed by atoms with Crippen molar-refractivity contribution >= 4 is 23.5 Å². The average molecular weight is 412 g/mol. The second kappa shape index (κ2) is 9.91. The number of alkyl carbamates (subject to hydrolysis) is 1. The van der Waals surface area contributed by atoms with Crippen molar-refractivity contribution in [3.05, 3.63) is 59.7 Å². The molecule has 0 spiro atoms. The lowest BCUT2D eigenvalue weighted by molar-refractivity contribution is -0.117. The average Bonchev–Trinajstić information content (AvgIpc) is 2.67. The highest BCUT2D eigenvalue weighted by molar-refractivity contribution is 6.07. The van der Waals surface area contributed by atoms with Crippen molar-refractivity contribution in [3.8, 4) is 5.75 Å². The molecule has 2 N–H and O–H groups in total. The summed E-state index contributed by atoms with van der Waals surface area (Å²) in [6, 6.07) is 13.3. The van der Waals surface area contributed by atoms with Gasteiger partial charge in [0.1, 0.15) is 17.4 Å². The number of rotatable bonds is 7.